The normalized spacial score (nSPS) is 16.3. The fourth-order valence-electron chi connectivity index (χ4n) is 4.50. The van der Waals surface area contributed by atoms with Crippen molar-refractivity contribution in [3.05, 3.63) is 72.1 Å². The molecule has 1 aliphatic rings. The van der Waals surface area contributed by atoms with Crippen LogP contribution in [0.15, 0.2) is 55.1 Å². The molecule has 1 amide bonds. The Morgan fingerprint density at radius 1 is 1.16 bits per heavy atom. The van der Waals surface area contributed by atoms with Gasteiger partial charge in [-0.3, -0.25) is 4.79 Å². The lowest BCUT2D eigenvalue weighted by Gasteiger charge is -2.16. The zero-order valence-electron chi connectivity index (χ0n) is 18.5. The number of carbonyl (C=O) groups excluding carboxylic acids is 1. The van der Waals surface area contributed by atoms with Crippen LogP contribution in [0, 0.1) is 13.8 Å². The number of rotatable bonds is 9. The van der Waals surface area contributed by atoms with E-state index in [4.69, 9.17) is 9.72 Å². The number of aromatic nitrogens is 2. The van der Waals surface area contributed by atoms with Gasteiger partial charge >= 0.3 is 0 Å². The Balaban J connectivity index is 1.42. The van der Waals surface area contributed by atoms with E-state index in [1.807, 2.05) is 11.0 Å². The summed E-state index contributed by atoms with van der Waals surface area (Å²) in [6, 6.07) is 14.6. The predicted molar refractivity (Wildman–Crippen MR) is 125 cm³/mol. The number of hydrogen-bond acceptors (Lipinski definition) is 3. The van der Waals surface area contributed by atoms with Gasteiger partial charge in [0, 0.05) is 32.0 Å². The van der Waals surface area contributed by atoms with E-state index in [1.165, 1.54) is 11.1 Å². The van der Waals surface area contributed by atoms with E-state index < -0.39 is 0 Å². The van der Waals surface area contributed by atoms with Crippen LogP contribution in [0.1, 0.15) is 42.1 Å². The summed E-state index contributed by atoms with van der Waals surface area (Å²) in [5, 5.41) is 0. The van der Waals surface area contributed by atoms with Crippen molar-refractivity contribution in [2.45, 2.75) is 45.6 Å². The highest BCUT2D eigenvalue weighted by atomic mass is 16.5. The van der Waals surface area contributed by atoms with Gasteiger partial charge in [0.25, 0.3) is 0 Å². The van der Waals surface area contributed by atoms with Crippen LogP contribution in [0.3, 0.4) is 0 Å². The molecule has 5 nitrogen and oxygen atoms in total. The fourth-order valence-corrected chi connectivity index (χ4v) is 4.50. The van der Waals surface area contributed by atoms with E-state index in [0.29, 0.717) is 26.1 Å². The number of benzene rings is 2. The topological polar surface area (TPSA) is 47.4 Å². The third kappa shape index (κ3) is 4.82. The van der Waals surface area contributed by atoms with Crippen molar-refractivity contribution in [1.29, 1.82) is 0 Å². The Hall–Kier alpha value is -3.08. The average Bonchev–Trinajstić information content (AvgIpc) is 3.28. The van der Waals surface area contributed by atoms with E-state index in [9.17, 15) is 4.79 Å². The van der Waals surface area contributed by atoms with Crippen LogP contribution in [0.5, 0.6) is 5.75 Å². The molecule has 0 spiro atoms. The van der Waals surface area contributed by atoms with Crippen molar-refractivity contribution in [3.63, 3.8) is 0 Å². The first-order chi connectivity index (χ1) is 15.0. The largest absolute Gasteiger partial charge is 0.494 e. The molecular weight excluding hydrogens is 386 g/mol. The van der Waals surface area contributed by atoms with Gasteiger partial charge in [0.05, 0.1) is 17.6 Å². The number of ether oxygens (including phenoxy) is 1. The molecule has 1 atom stereocenters. The van der Waals surface area contributed by atoms with Gasteiger partial charge in [-0.15, -0.1) is 6.58 Å². The molecule has 3 aromatic rings. The molecule has 0 unspecified atom stereocenters. The fraction of sp³-hybridized carbons (Fsp3) is 0.385. The minimum Gasteiger partial charge on any atom is -0.494 e. The Morgan fingerprint density at radius 3 is 2.71 bits per heavy atom. The van der Waals surface area contributed by atoms with E-state index in [2.05, 4.69) is 61.4 Å². The van der Waals surface area contributed by atoms with Gasteiger partial charge in [-0.1, -0.05) is 24.3 Å². The Kier molecular flexibility index (Phi) is 6.40. The number of imidazole rings is 1. The maximum atomic E-state index is 12.4. The second-order valence-electron chi connectivity index (χ2n) is 8.48. The third-order valence-electron chi connectivity index (χ3n) is 5.85. The summed E-state index contributed by atoms with van der Waals surface area (Å²) in [7, 11) is 0. The summed E-state index contributed by atoms with van der Waals surface area (Å²) in [6.45, 7) is 10.8. The first-order valence-corrected chi connectivity index (χ1v) is 11.1. The number of unbranched alkanes of at least 4 members (excludes halogenated alkanes) is 1. The number of carbonyl (C=O) groups is 1. The van der Waals surface area contributed by atoms with Gasteiger partial charge in [-0.2, -0.15) is 0 Å². The Bertz CT molecular complexity index is 1070. The van der Waals surface area contributed by atoms with Gasteiger partial charge in [-0.25, -0.2) is 4.98 Å². The summed E-state index contributed by atoms with van der Waals surface area (Å²) in [4.78, 5) is 19.2. The van der Waals surface area contributed by atoms with Crippen LogP contribution in [0.2, 0.25) is 0 Å². The lowest BCUT2D eigenvalue weighted by molar-refractivity contribution is -0.127. The van der Waals surface area contributed by atoms with E-state index in [-0.39, 0.29) is 11.8 Å². The van der Waals surface area contributed by atoms with Gasteiger partial charge in [0.15, 0.2) is 0 Å². The first kappa shape index (κ1) is 21.2. The zero-order valence-corrected chi connectivity index (χ0v) is 18.5. The van der Waals surface area contributed by atoms with Crippen LogP contribution in [-0.2, 0) is 11.3 Å². The van der Waals surface area contributed by atoms with Crippen molar-refractivity contribution < 1.29 is 9.53 Å². The molecule has 31 heavy (non-hydrogen) atoms. The molecule has 0 N–H and O–H groups in total. The maximum Gasteiger partial charge on any atom is 0.223 e. The summed E-state index contributed by atoms with van der Waals surface area (Å²) < 4.78 is 8.28. The molecule has 0 aliphatic carbocycles. The molecule has 1 aromatic heterocycles. The molecule has 4 rings (SSSR count). The summed E-state index contributed by atoms with van der Waals surface area (Å²) in [5.41, 5.74) is 4.59. The van der Waals surface area contributed by atoms with Crippen LogP contribution in [-0.4, -0.2) is 40.1 Å². The molecule has 5 heteroatoms. The predicted octanol–water partition coefficient (Wildman–Crippen LogP) is 5.01. The third-order valence-corrected chi connectivity index (χ3v) is 5.85. The van der Waals surface area contributed by atoms with E-state index >= 15 is 0 Å². The molecule has 1 aliphatic heterocycles. The van der Waals surface area contributed by atoms with Crippen molar-refractivity contribution in [2.75, 3.05) is 19.7 Å². The van der Waals surface area contributed by atoms with Crippen molar-refractivity contribution in [2.24, 2.45) is 0 Å². The number of para-hydroxylation sites is 2. The molecule has 2 heterocycles. The van der Waals surface area contributed by atoms with E-state index in [1.54, 1.807) is 6.08 Å². The van der Waals surface area contributed by atoms with Crippen LogP contribution < -0.4 is 4.74 Å². The van der Waals surface area contributed by atoms with Gasteiger partial charge in [0.2, 0.25) is 5.91 Å². The molecule has 0 radical (unpaired) electrons. The molecular formula is C26H31N3O2. The number of amides is 1. The quantitative estimate of drug-likeness (QED) is 0.363. The highest BCUT2D eigenvalue weighted by Crippen LogP contribution is 2.30. The number of nitrogens with zero attached hydrogens (tertiary/aromatic N) is 3. The van der Waals surface area contributed by atoms with Gasteiger partial charge in [-0.05, 0) is 62.1 Å². The Morgan fingerprint density at radius 2 is 1.94 bits per heavy atom. The highest BCUT2D eigenvalue weighted by Gasteiger charge is 2.33. The standard InChI is InChI=1S/C26H31N3O2/c1-4-11-28-18-21(17-25(28)30)26-27-23-9-5-6-10-24(23)29(26)12-7-8-13-31-22-15-19(2)14-20(3)16-22/h4-6,9-10,14-16,21H,1,7-8,11-13,17-18H2,2-3H3/t21-/m0/s1. The minimum absolute atomic E-state index is 0.131. The number of hydrogen-bond donors (Lipinski definition) is 0. The number of likely N-dealkylation sites (tertiary alicyclic amines) is 1. The minimum atomic E-state index is 0.131. The summed E-state index contributed by atoms with van der Waals surface area (Å²) >= 11 is 0. The maximum absolute atomic E-state index is 12.4. The molecule has 2 aromatic carbocycles. The van der Waals surface area contributed by atoms with Crippen molar-refractivity contribution in [3.8, 4) is 5.75 Å². The van der Waals surface area contributed by atoms with Crippen LogP contribution in [0.4, 0.5) is 0 Å². The monoisotopic (exact) mass is 417 g/mol. The summed E-state index contributed by atoms with van der Waals surface area (Å²) in [5.74, 6) is 2.28. The Labute approximate surface area is 184 Å². The number of aryl methyl sites for hydroxylation is 3. The average molecular weight is 418 g/mol. The second-order valence-corrected chi connectivity index (χ2v) is 8.48. The summed E-state index contributed by atoms with van der Waals surface area (Å²) in [6.07, 6.45) is 4.27. The van der Waals surface area contributed by atoms with Crippen molar-refractivity contribution >= 4 is 16.9 Å². The smallest absolute Gasteiger partial charge is 0.223 e. The van der Waals surface area contributed by atoms with E-state index in [0.717, 1.165) is 42.0 Å². The van der Waals surface area contributed by atoms with Gasteiger partial charge < -0.3 is 14.2 Å². The lowest BCUT2D eigenvalue weighted by Crippen LogP contribution is -2.25. The second kappa shape index (κ2) is 9.38. The van der Waals surface area contributed by atoms with Crippen molar-refractivity contribution in [1.82, 2.24) is 14.5 Å². The molecule has 1 saturated heterocycles. The number of fused-ring (bicyclic) bond motifs is 1. The van der Waals surface area contributed by atoms with Crippen LogP contribution in [0.25, 0.3) is 11.0 Å². The SMILES string of the molecule is C=CCN1C[C@@H](c2nc3ccccc3n2CCCCOc2cc(C)cc(C)c2)CC1=O. The van der Waals surface area contributed by atoms with Crippen LogP contribution >= 0.6 is 0 Å². The zero-order chi connectivity index (χ0) is 21.8. The lowest BCUT2D eigenvalue weighted by atomic mass is 10.1. The molecule has 0 saturated carbocycles. The first-order valence-electron chi connectivity index (χ1n) is 11.1. The molecule has 0 bridgehead atoms. The molecule has 1 fully saturated rings. The van der Waals surface area contributed by atoms with Gasteiger partial charge in [0.1, 0.15) is 11.6 Å². The highest BCUT2D eigenvalue weighted by molar-refractivity contribution is 5.81. The molecule has 162 valence electrons.